The maximum Gasteiger partial charge on any atom is 0.211 e. The van der Waals surface area contributed by atoms with Gasteiger partial charge in [-0.2, -0.15) is 9.57 Å². The van der Waals surface area contributed by atoms with E-state index < -0.39 is 10.0 Å². The van der Waals surface area contributed by atoms with Crippen molar-refractivity contribution in [3.63, 3.8) is 0 Å². The van der Waals surface area contributed by atoms with Gasteiger partial charge in [0.1, 0.15) is 0 Å². The van der Waals surface area contributed by atoms with Gasteiger partial charge in [-0.05, 0) is 12.8 Å². The Morgan fingerprint density at radius 3 is 2.50 bits per heavy atom. The molecule has 1 aliphatic carbocycles. The largest absolute Gasteiger partial charge is 0.212 e. The van der Waals surface area contributed by atoms with E-state index in [4.69, 9.17) is 5.26 Å². The lowest BCUT2D eigenvalue weighted by Gasteiger charge is -2.17. The number of nitrogens with zero attached hydrogens (tertiary/aromatic N) is 2. The Morgan fingerprint density at radius 1 is 1.58 bits per heavy atom. The van der Waals surface area contributed by atoms with Gasteiger partial charge < -0.3 is 0 Å². The average Bonchev–Trinajstić information content (AvgIpc) is 2.69. The van der Waals surface area contributed by atoms with E-state index in [9.17, 15) is 8.42 Å². The van der Waals surface area contributed by atoms with Crippen LogP contribution in [0.5, 0.6) is 0 Å². The fourth-order valence-corrected chi connectivity index (χ4v) is 2.32. The third-order valence-electron chi connectivity index (χ3n) is 1.82. The van der Waals surface area contributed by atoms with Gasteiger partial charge in [-0.1, -0.05) is 0 Å². The first-order valence-electron chi connectivity index (χ1n) is 3.89. The maximum atomic E-state index is 11.1. The molecule has 1 fully saturated rings. The van der Waals surface area contributed by atoms with Crippen LogP contribution in [-0.2, 0) is 10.0 Å². The molecule has 0 heterocycles. The zero-order valence-electron chi connectivity index (χ0n) is 7.02. The van der Waals surface area contributed by atoms with Gasteiger partial charge in [-0.3, -0.25) is 0 Å². The summed E-state index contributed by atoms with van der Waals surface area (Å²) in [5, 5.41) is 8.31. The van der Waals surface area contributed by atoms with Gasteiger partial charge in [0.05, 0.1) is 12.3 Å². The third kappa shape index (κ3) is 2.47. The summed E-state index contributed by atoms with van der Waals surface area (Å²) in [5.74, 6) is 0. The Balaban J connectivity index is 2.57. The Bertz CT molecular complexity index is 287. The molecule has 0 spiro atoms. The molecule has 12 heavy (non-hydrogen) atoms. The van der Waals surface area contributed by atoms with Crippen LogP contribution in [0.3, 0.4) is 0 Å². The summed E-state index contributed by atoms with van der Waals surface area (Å²) in [4.78, 5) is 0. The Morgan fingerprint density at radius 2 is 2.17 bits per heavy atom. The molecule has 5 heteroatoms. The smallest absolute Gasteiger partial charge is 0.211 e. The van der Waals surface area contributed by atoms with E-state index in [1.807, 2.05) is 6.07 Å². The molecule has 0 N–H and O–H groups in total. The molecule has 0 bridgehead atoms. The molecule has 0 aromatic carbocycles. The summed E-state index contributed by atoms with van der Waals surface area (Å²) in [6.45, 7) is 0.347. The van der Waals surface area contributed by atoms with Gasteiger partial charge in [-0.15, -0.1) is 0 Å². The van der Waals surface area contributed by atoms with Crippen molar-refractivity contribution >= 4 is 10.0 Å². The Labute approximate surface area is 72.8 Å². The molecule has 0 amide bonds. The zero-order valence-corrected chi connectivity index (χ0v) is 7.84. The highest BCUT2D eigenvalue weighted by Gasteiger charge is 2.34. The highest BCUT2D eigenvalue weighted by Crippen LogP contribution is 2.28. The van der Waals surface area contributed by atoms with E-state index in [0.29, 0.717) is 6.54 Å². The van der Waals surface area contributed by atoms with E-state index >= 15 is 0 Å². The van der Waals surface area contributed by atoms with Crippen molar-refractivity contribution in [1.29, 1.82) is 5.26 Å². The summed E-state index contributed by atoms with van der Waals surface area (Å²) < 4.78 is 23.7. The molecule has 1 aliphatic rings. The normalized spacial score (nSPS) is 17.8. The fraction of sp³-hybridized carbons (Fsp3) is 0.857. The first-order valence-corrected chi connectivity index (χ1v) is 5.74. The molecule has 0 atom stereocenters. The summed E-state index contributed by atoms with van der Waals surface area (Å²) in [7, 11) is -3.09. The van der Waals surface area contributed by atoms with Gasteiger partial charge >= 0.3 is 0 Å². The molecule has 4 nitrogen and oxygen atoms in total. The van der Waals surface area contributed by atoms with Gasteiger partial charge in [0.15, 0.2) is 0 Å². The van der Waals surface area contributed by atoms with Crippen LogP contribution in [0.15, 0.2) is 0 Å². The predicted octanol–water partition coefficient (Wildman–Crippen LogP) is 0.324. The molecule has 0 unspecified atom stereocenters. The summed E-state index contributed by atoms with van der Waals surface area (Å²) in [6, 6.07) is 2.12. The Kier molecular flexibility index (Phi) is 2.70. The zero-order chi connectivity index (χ0) is 9.19. The molecule has 0 saturated heterocycles. The van der Waals surface area contributed by atoms with Crippen molar-refractivity contribution in [3.8, 4) is 6.07 Å². The van der Waals surface area contributed by atoms with Crippen LogP contribution >= 0.6 is 0 Å². The van der Waals surface area contributed by atoms with E-state index in [-0.39, 0.29) is 12.5 Å². The monoisotopic (exact) mass is 188 g/mol. The molecule has 0 aliphatic heterocycles. The highest BCUT2D eigenvalue weighted by molar-refractivity contribution is 7.88. The second-order valence-electron chi connectivity index (χ2n) is 3.01. The first-order chi connectivity index (χ1) is 5.55. The molecular weight excluding hydrogens is 176 g/mol. The lowest BCUT2D eigenvalue weighted by atomic mass is 10.4. The number of hydrogen-bond acceptors (Lipinski definition) is 3. The predicted molar refractivity (Wildman–Crippen MR) is 44.8 cm³/mol. The van der Waals surface area contributed by atoms with Crippen LogP contribution in [-0.4, -0.2) is 31.6 Å². The quantitative estimate of drug-likeness (QED) is 0.638. The minimum atomic E-state index is -3.09. The van der Waals surface area contributed by atoms with Gasteiger partial charge in [0.25, 0.3) is 0 Å². The number of nitriles is 1. The van der Waals surface area contributed by atoms with Crippen LogP contribution in [0.4, 0.5) is 0 Å². The molecule has 0 aromatic rings. The van der Waals surface area contributed by atoms with Crippen molar-refractivity contribution < 1.29 is 8.42 Å². The van der Waals surface area contributed by atoms with Crippen LogP contribution < -0.4 is 0 Å². The number of hydrogen-bond donors (Lipinski definition) is 0. The van der Waals surface area contributed by atoms with Gasteiger partial charge in [0, 0.05) is 19.0 Å². The highest BCUT2D eigenvalue weighted by atomic mass is 32.2. The summed E-state index contributed by atoms with van der Waals surface area (Å²) >= 11 is 0. The maximum absolute atomic E-state index is 11.1. The SMILES string of the molecule is CS(=O)(=O)N(CCC#N)C1CC1. The first kappa shape index (κ1) is 9.49. The number of sulfonamides is 1. The lowest BCUT2D eigenvalue weighted by Crippen LogP contribution is -2.32. The molecular formula is C7H12N2O2S. The molecule has 68 valence electrons. The van der Waals surface area contributed by atoms with Crippen molar-refractivity contribution in [2.45, 2.75) is 25.3 Å². The van der Waals surface area contributed by atoms with Crippen LogP contribution in [0.2, 0.25) is 0 Å². The van der Waals surface area contributed by atoms with Crippen molar-refractivity contribution in [1.82, 2.24) is 4.31 Å². The number of rotatable bonds is 4. The molecule has 1 saturated carbocycles. The van der Waals surface area contributed by atoms with Crippen LogP contribution in [0, 0.1) is 11.3 Å². The van der Waals surface area contributed by atoms with Crippen molar-refractivity contribution in [2.24, 2.45) is 0 Å². The minimum Gasteiger partial charge on any atom is -0.212 e. The second-order valence-corrected chi connectivity index (χ2v) is 4.95. The van der Waals surface area contributed by atoms with Crippen molar-refractivity contribution in [3.05, 3.63) is 0 Å². The minimum absolute atomic E-state index is 0.174. The average molecular weight is 188 g/mol. The third-order valence-corrected chi connectivity index (χ3v) is 3.16. The molecule has 0 radical (unpaired) electrons. The topological polar surface area (TPSA) is 61.2 Å². The van der Waals surface area contributed by atoms with E-state index in [1.165, 1.54) is 10.6 Å². The van der Waals surface area contributed by atoms with Gasteiger partial charge in [-0.25, -0.2) is 8.42 Å². The van der Waals surface area contributed by atoms with E-state index in [2.05, 4.69) is 0 Å². The van der Waals surface area contributed by atoms with E-state index in [1.54, 1.807) is 0 Å². The van der Waals surface area contributed by atoms with Crippen molar-refractivity contribution in [2.75, 3.05) is 12.8 Å². The van der Waals surface area contributed by atoms with Crippen LogP contribution in [0.1, 0.15) is 19.3 Å². The molecule has 1 rings (SSSR count). The Hall–Kier alpha value is -0.600. The fourth-order valence-electron chi connectivity index (χ4n) is 1.14. The van der Waals surface area contributed by atoms with Gasteiger partial charge in [0.2, 0.25) is 10.0 Å². The standard InChI is InChI=1S/C7H12N2O2S/c1-12(10,11)9(6-2-5-8)7-3-4-7/h7H,2-4,6H2,1H3. The molecule has 0 aromatic heterocycles. The summed E-state index contributed by atoms with van der Waals surface area (Å²) in [5.41, 5.74) is 0. The lowest BCUT2D eigenvalue weighted by molar-refractivity contribution is 0.415. The second kappa shape index (κ2) is 3.42. The van der Waals surface area contributed by atoms with E-state index in [0.717, 1.165) is 12.8 Å². The summed E-state index contributed by atoms with van der Waals surface area (Å²) in [6.07, 6.45) is 3.36. The van der Waals surface area contributed by atoms with Crippen LogP contribution in [0.25, 0.3) is 0 Å².